The van der Waals surface area contributed by atoms with Crippen molar-refractivity contribution in [3.63, 3.8) is 0 Å². The number of ketones is 1. The maximum absolute atomic E-state index is 13.9. The minimum atomic E-state index is -4.12. The van der Waals surface area contributed by atoms with E-state index in [1.165, 1.54) is 38.1 Å². The molecule has 0 spiro atoms. The van der Waals surface area contributed by atoms with Crippen LogP contribution in [0, 0.1) is 0 Å². The van der Waals surface area contributed by atoms with Gasteiger partial charge in [-0.05, 0) is 51.0 Å². The average molecular weight is 451 g/mol. The van der Waals surface area contributed by atoms with Crippen LogP contribution in [0.4, 0.5) is 0 Å². The minimum absolute atomic E-state index is 0.0188. The highest BCUT2D eigenvalue weighted by Gasteiger charge is 2.57. The monoisotopic (exact) mass is 450 g/mol. The average Bonchev–Trinajstić information content (AvgIpc) is 2.74. The molecule has 0 radical (unpaired) electrons. The largest absolute Gasteiger partial charge is 0.296 e. The van der Waals surface area contributed by atoms with Gasteiger partial charge >= 0.3 is 0 Å². The second kappa shape index (κ2) is 9.02. The third kappa shape index (κ3) is 3.97. The first-order chi connectivity index (χ1) is 14.0. The molecule has 2 unspecified atom stereocenters. The zero-order valence-electron chi connectivity index (χ0n) is 18.0. The molecule has 0 aliphatic heterocycles. The van der Waals surface area contributed by atoms with Gasteiger partial charge in [-0.15, -0.1) is 0 Å². The number of rotatable bonds is 10. The Balaban J connectivity index is 2.73. The molecule has 2 aromatic rings. The Morgan fingerprint density at radius 2 is 0.967 bits per heavy atom. The van der Waals surface area contributed by atoms with Gasteiger partial charge in [-0.2, -0.15) is 0 Å². The molecule has 0 aromatic heterocycles. The van der Waals surface area contributed by atoms with Gasteiger partial charge in [0.15, 0.2) is 25.5 Å². The third-order valence-electron chi connectivity index (χ3n) is 5.71. The number of sulfone groups is 2. The van der Waals surface area contributed by atoms with E-state index in [0.717, 1.165) is 0 Å². The molecule has 2 rings (SSSR count). The van der Waals surface area contributed by atoms with Crippen LogP contribution in [0.5, 0.6) is 0 Å². The zero-order valence-corrected chi connectivity index (χ0v) is 19.6. The van der Waals surface area contributed by atoms with Crippen LogP contribution in [0.15, 0.2) is 70.5 Å². The number of carbonyl (C=O) groups is 1. The fourth-order valence-corrected chi connectivity index (χ4v) is 7.99. The lowest BCUT2D eigenvalue weighted by Crippen LogP contribution is -2.57. The van der Waals surface area contributed by atoms with Crippen LogP contribution in [0.25, 0.3) is 0 Å². The molecule has 2 atom stereocenters. The van der Waals surface area contributed by atoms with Crippen molar-refractivity contribution in [2.24, 2.45) is 0 Å². The van der Waals surface area contributed by atoms with Crippen molar-refractivity contribution in [2.75, 3.05) is 0 Å². The summed E-state index contributed by atoms with van der Waals surface area (Å²) in [6.45, 7) is 6.31. The van der Waals surface area contributed by atoms with Crippen molar-refractivity contribution in [3.8, 4) is 0 Å². The third-order valence-corrected chi connectivity index (χ3v) is 10.6. The van der Waals surface area contributed by atoms with Crippen LogP contribution in [-0.2, 0) is 24.5 Å². The molecular weight excluding hydrogens is 420 g/mol. The molecule has 0 saturated carbocycles. The summed E-state index contributed by atoms with van der Waals surface area (Å²) in [5, 5.41) is 0. The molecule has 0 bridgehead atoms. The molecule has 0 aliphatic rings. The highest BCUT2D eigenvalue weighted by molar-refractivity contribution is 7.95. The summed E-state index contributed by atoms with van der Waals surface area (Å²) >= 11 is 0. The lowest BCUT2D eigenvalue weighted by atomic mass is 9.87. The van der Waals surface area contributed by atoms with Crippen LogP contribution >= 0.6 is 0 Å². The number of carbonyl (C=O) groups excluding carboxylic acids is 1. The van der Waals surface area contributed by atoms with Gasteiger partial charge in [-0.25, -0.2) is 16.8 Å². The predicted molar refractivity (Wildman–Crippen MR) is 119 cm³/mol. The number of benzene rings is 2. The van der Waals surface area contributed by atoms with E-state index in [1.54, 1.807) is 50.2 Å². The fraction of sp³-hybridized carbons (Fsp3) is 0.435. The van der Waals surface area contributed by atoms with Gasteiger partial charge in [-0.3, -0.25) is 4.79 Å². The lowest BCUT2D eigenvalue weighted by Gasteiger charge is -2.37. The number of hydrogen-bond donors (Lipinski definition) is 0. The van der Waals surface area contributed by atoms with Crippen molar-refractivity contribution in [1.82, 2.24) is 0 Å². The van der Waals surface area contributed by atoms with E-state index >= 15 is 0 Å². The van der Waals surface area contributed by atoms with Crippen molar-refractivity contribution < 1.29 is 21.6 Å². The Kier molecular flexibility index (Phi) is 7.30. The van der Waals surface area contributed by atoms with Crippen LogP contribution in [-0.4, -0.2) is 32.1 Å². The Morgan fingerprint density at radius 3 is 1.23 bits per heavy atom. The van der Waals surface area contributed by atoms with E-state index in [0.29, 0.717) is 12.8 Å². The normalized spacial score (nSPS) is 16.4. The number of hydrogen-bond acceptors (Lipinski definition) is 5. The Labute approximate surface area is 180 Å². The van der Waals surface area contributed by atoms with E-state index in [1.807, 2.05) is 0 Å². The highest BCUT2D eigenvalue weighted by atomic mass is 32.2. The van der Waals surface area contributed by atoms with Gasteiger partial charge < -0.3 is 0 Å². The Bertz CT molecular complexity index is 989. The van der Waals surface area contributed by atoms with Gasteiger partial charge in [0.05, 0.1) is 9.79 Å². The van der Waals surface area contributed by atoms with Gasteiger partial charge in [0.2, 0.25) is 0 Å². The van der Waals surface area contributed by atoms with Crippen LogP contribution in [0.2, 0.25) is 0 Å². The molecule has 0 aliphatic carbocycles. The summed E-state index contributed by atoms with van der Waals surface area (Å²) in [5.41, 5.74) is 0. The number of Topliss-reactive ketones (excluding diaryl/α,β-unsaturated/α-hetero) is 1. The zero-order chi connectivity index (χ0) is 22.6. The molecule has 2 aromatic carbocycles. The molecule has 7 heteroatoms. The molecule has 0 heterocycles. The highest BCUT2D eigenvalue weighted by Crippen LogP contribution is 2.40. The van der Waals surface area contributed by atoms with Gasteiger partial charge in [0.25, 0.3) is 0 Å². The van der Waals surface area contributed by atoms with E-state index in [-0.39, 0.29) is 22.6 Å². The summed E-state index contributed by atoms with van der Waals surface area (Å²) in [6.07, 6.45) is 0.906. The summed E-state index contributed by atoms with van der Waals surface area (Å²) in [7, 11) is -8.24. The van der Waals surface area contributed by atoms with Crippen molar-refractivity contribution in [1.29, 1.82) is 0 Å². The molecule has 5 nitrogen and oxygen atoms in total. The first-order valence-corrected chi connectivity index (χ1v) is 13.1. The van der Waals surface area contributed by atoms with Crippen LogP contribution in [0.3, 0.4) is 0 Å². The molecule has 164 valence electrons. The maximum atomic E-state index is 13.9. The predicted octanol–water partition coefficient (Wildman–Crippen LogP) is 4.62. The topological polar surface area (TPSA) is 85.3 Å². The smallest absolute Gasteiger partial charge is 0.190 e. The molecular formula is C23H30O5S2. The summed E-state index contributed by atoms with van der Waals surface area (Å²) in [4.78, 5) is 14.0. The van der Waals surface area contributed by atoms with E-state index in [2.05, 4.69) is 0 Å². The molecule has 0 N–H and O–H groups in total. The molecule has 0 saturated heterocycles. The van der Waals surface area contributed by atoms with E-state index < -0.39 is 35.0 Å². The summed E-state index contributed by atoms with van der Waals surface area (Å²) in [6, 6.07) is 15.5. The van der Waals surface area contributed by atoms with Gasteiger partial charge in [-0.1, -0.05) is 63.1 Å². The van der Waals surface area contributed by atoms with E-state index in [9.17, 15) is 21.6 Å². The van der Waals surface area contributed by atoms with Crippen LogP contribution in [0.1, 0.15) is 53.4 Å². The maximum Gasteiger partial charge on any atom is 0.190 e. The van der Waals surface area contributed by atoms with E-state index in [4.69, 9.17) is 0 Å². The lowest BCUT2D eigenvalue weighted by molar-refractivity contribution is -0.123. The fourth-order valence-electron chi connectivity index (χ4n) is 3.97. The first kappa shape index (κ1) is 24.3. The summed E-state index contributed by atoms with van der Waals surface area (Å²) < 4.78 is 50.6. The quantitative estimate of drug-likeness (QED) is 0.527. The Morgan fingerprint density at radius 1 is 0.667 bits per heavy atom. The first-order valence-electron chi connectivity index (χ1n) is 10.1. The minimum Gasteiger partial charge on any atom is -0.296 e. The van der Waals surface area contributed by atoms with Crippen molar-refractivity contribution >= 4 is 25.5 Å². The SMILES string of the molecule is CCCC(C)(C(=O)C(C)(CCC)S(=O)(=O)c1ccccc1)S(=O)(=O)c1ccccc1. The standard InChI is InChI=1S/C23H30O5S2/c1-5-17-22(3,29(25,26)19-13-9-7-10-14-19)21(24)23(4,18-6-2)30(27,28)20-15-11-8-12-16-20/h7-16H,5-6,17-18H2,1-4H3. The van der Waals surface area contributed by atoms with Crippen molar-refractivity contribution in [2.45, 2.75) is 72.7 Å². The molecule has 0 fully saturated rings. The van der Waals surface area contributed by atoms with Gasteiger partial charge in [0, 0.05) is 0 Å². The van der Waals surface area contributed by atoms with Gasteiger partial charge in [0.1, 0.15) is 9.49 Å². The van der Waals surface area contributed by atoms with Crippen molar-refractivity contribution in [3.05, 3.63) is 60.7 Å². The molecule has 30 heavy (non-hydrogen) atoms. The Hall–Kier alpha value is -1.99. The van der Waals surface area contributed by atoms with Crippen LogP contribution < -0.4 is 0 Å². The summed E-state index contributed by atoms with van der Waals surface area (Å²) in [5.74, 6) is -0.772. The second-order valence-corrected chi connectivity index (χ2v) is 12.7. The second-order valence-electron chi connectivity index (χ2n) is 7.92. The molecule has 0 amide bonds.